The van der Waals surface area contributed by atoms with Gasteiger partial charge in [-0.1, -0.05) is 11.6 Å². The highest BCUT2D eigenvalue weighted by atomic mass is 16.1. The number of nitrogens with one attached hydrogen (secondary N) is 2. The van der Waals surface area contributed by atoms with Crippen LogP contribution in [-0.2, 0) is 12.8 Å². The van der Waals surface area contributed by atoms with Crippen molar-refractivity contribution in [2.45, 2.75) is 32.2 Å². The molecule has 1 atom stereocenters. The highest BCUT2D eigenvalue weighted by molar-refractivity contribution is 5.95. The summed E-state index contributed by atoms with van der Waals surface area (Å²) < 4.78 is 0. The molecule has 1 heterocycles. The molecule has 1 aromatic heterocycles. The topological polar surface area (TPSA) is 48.1 Å². The lowest BCUT2D eigenvalue weighted by molar-refractivity contribution is 0.0933. The van der Waals surface area contributed by atoms with E-state index in [0.717, 1.165) is 24.9 Å². The van der Waals surface area contributed by atoms with Gasteiger partial charge in [0.05, 0.1) is 0 Å². The highest BCUT2D eigenvalue weighted by Gasteiger charge is 2.24. The fourth-order valence-corrected chi connectivity index (χ4v) is 3.85. The van der Waals surface area contributed by atoms with Crippen molar-refractivity contribution < 1.29 is 4.79 Å². The third kappa shape index (κ3) is 3.07. The van der Waals surface area contributed by atoms with E-state index in [2.05, 4.69) is 35.4 Å². The average Bonchev–Trinajstić information content (AvgIpc) is 2.98. The van der Waals surface area contributed by atoms with Crippen LogP contribution < -0.4 is 10.2 Å². The van der Waals surface area contributed by atoms with Crippen LogP contribution in [0.2, 0.25) is 0 Å². The number of benzene rings is 2. The van der Waals surface area contributed by atoms with Crippen LogP contribution in [0.5, 0.6) is 0 Å². The Hall–Kier alpha value is -2.75. The van der Waals surface area contributed by atoms with Crippen LogP contribution in [0.3, 0.4) is 0 Å². The summed E-state index contributed by atoms with van der Waals surface area (Å²) in [6.45, 7) is 2.13. The molecule has 0 aliphatic heterocycles. The number of hydrogen-bond acceptors (Lipinski definition) is 2. The maximum absolute atomic E-state index is 12.6. The van der Waals surface area contributed by atoms with E-state index < -0.39 is 0 Å². The molecule has 0 bridgehead atoms. The normalized spacial score (nSPS) is 16.3. The number of aromatic nitrogens is 1. The summed E-state index contributed by atoms with van der Waals surface area (Å²) in [5.74, 6) is 0.00992. The molecule has 0 saturated heterocycles. The number of fused-ring (bicyclic) bond motifs is 3. The van der Waals surface area contributed by atoms with E-state index in [4.69, 9.17) is 0 Å². The van der Waals surface area contributed by atoms with Crippen molar-refractivity contribution in [3.63, 3.8) is 0 Å². The summed E-state index contributed by atoms with van der Waals surface area (Å²) >= 11 is 0. The number of nitrogens with zero attached hydrogens (tertiary/aromatic N) is 1. The molecule has 2 N–H and O–H groups in total. The number of amides is 1. The summed E-state index contributed by atoms with van der Waals surface area (Å²) in [7, 11) is 3.99. The molecule has 0 fully saturated rings. The number of H-pyrrole nitrogens is 1. The Morgan fingerprint density at radius 1 is 1.15 bits per heavy atom. The van der Waals surface area contributed by atoms with Gasteiger partial charge < -0.3 is 15.2 Å². The summed E-state index contributed by atoms with van der Waals surface area (Å²) in [5.41, 5.74) is 6.99. The summed E-state index contributed by atoms with van der Waals surface area (Å²) in [6.07, 6.45) is 2.85. The van der Waals surface area contributed by atoms with E-state index >= 15 is 0 Å². The van der Waals surface area contributed by atoms with Crippen LogP contribution in [0.25, 0.3) is 10.9 Å². The number of aromatic amines is 1. The minimum atomic E-state index is 0.00992. The van der Waals surface area contributed by atoms with Crippen LogP contribution in [0, 0.1) is 6.92 Å². The predicted octanol–water partition coefficient (Wildman–Crippen LogP) is 3.83. The van der Waals surface area contributed by atoms with Crippen molar-refractivity contribution in [1.29, 1.82) is 0 Å². The largest absolute Gasteiger partial charge is 0.378 e. The van der Waals surface area contributed by atoms with Crippen molar-refractivity contribution in [2.75, 3.05) is 19.0 Å². The van der Waals surface area contributed by atoms with E-state index in [1.807, 2.05) is 43.3 Å². The number of rotatable bonds is 3. The quantitative estimate of drug-likeness (QED) is 0.756. The second-order valence-corrected chi connectivity index (χ2v) is 7.49. The molecular weight excluding hydrogens is 322 g/mol. The summed E-state index contributed by atoms with van der Waals surface area (Å²) in [4.78, 5) is 18.2. The average molecular weight is 347 g/mol. The Kier molecular flexibility index (Phi) is 4.19. The Morgan fingerprint density at radius 2 is 1.92 bits per heavy atom. The van der Waals surface area contributed by atoms with Crippen LogP contribution in [0.4, 0.5) is 5.69 Å². The maximum atomic E-state index is 12.6. The Bertz CT molecular complexity index is 953. The van der Waals surface area contributed by atoms with Gasteiger partial charge in [-0.05, 0) is 61.7 Å². The van der Waals surface area contributed by atoms with Crippen LogP contribution in [-0.4, -0.2) is 31.0 Å². The molecule has 4 heteroatoms. The Labute approximate surface area is 154 Å². The number of hydrogen-bond donors (Lipinski definition) is 2. The van der Waals surface area contributed by atoms with Gasteiger partial charge in [0, 0.05) is 54.4 Å². The number of carbonyl (C=O) groups excluding carboxylic acids is 1. The first-order valence-corrected chi connectivity index (χ1v) is 9.19. The minimum Gasteiger partial charge on any atom is -0.378 e. The molecule has 0 radical (unpaired) electrons. The molecule has 0 saturated carbocycles. The molecule has 1 aliphatic carbocycles. The summed E-state index contributed by atoms with van der Waals surface area (Å²) in [5, 5.41) is 4.55. The zero-order chi connectivity index (χ0) is 18.3. The molecule has 26 heavy (non-hydrogen) atoms. The zero-order valence-corrected chi connectivity index (χ0v) is 15.6. The molecule has 4 nitrogen and oxygen atoms in total. The standard InChI is InChI=1S/C22H25N3O/c1-14-4-11-20-19(12-14)18-10-7-16(13-21(18)24-20)23-22(26)15-5-8-17(9-6-15)25(2)3/h4-6,8-9,11-12,16,24H,7,10,13H2,1-3H3,(H,23,26). The van der Waals surface area contributed by atoms with E-state index in [1.54, 1.807) is 0 Å². The van der Waals surface area contributed by atoms with Crippen LogP contribution in [0.15, 0.2) is 42.5 Å². The van der Waals surface area contributed by atoms with Gasteiger partial charge in [0.1, 0.15) is 0 Å². The molecule has 4 rings (SSSR count). The molecule has 1 unspecified atom stereocenters. The van der Waals surface area contributed by atoms with E-state index in [0.29, 0.717) is 5.56 Å². The molecule has 1 amide bonds. The summed E-state index contributed by atoms with van der Waals surface area (Å²) in [6, 6.07) is 14.5. The predicted molar refractivity (Wildman–Crippen MR) is 107 cm³/mol. The lowest BCUT2D eigenvalue weighted by atomic mass is 9.91. The van der Waals surface area contributed by atoms with Crippen molar-refractivity contribution >= 4 is 22.5 Å². The van der Waals surface area contributed by atoms with Crippen molar-refractivity contribution in [3.8, 4) is 0 Å². The molecule has 2 aromatic carbocycles. The van der Waals surface area contributed by atoms with Crippen LogP contribution in [0.1, 0.15) is 33.6 Å². The minimum absolute atomic E-state index is 0.00992. The second kappa shape index (κ2) is 6.52. The van der Waals surface area contributed by atoms with Gasteiger partial charge in [-0.2, -0.15) is 0 Å². The molecule has 134 valence electrons. The van der Waals surface area contributed by atoms with Crippen molar-refractivity contribution in [3.05, 3.63) is 64.8 Å². The zero-order valence-electron chi connectivity index (χ0n) is 15.6. The Balaban J connectivity index is 1.48. The van der Waals surface area contributed by atoms with Gasteiger partial charge in [-0.25, -0.2) is 0 Å². The highest BCUT2D eigenvalue weighted by Crippen LogP contribution is 2.30. The third-order valence-corrected chi connectivity index (χ3v) is 5.32. The van der Waals surface area contributed by atoms with E-state index in [9.17, 15) is 4.79 Å². The van der Waals surface area contributed by atoms with Gasteiger partial charge in [0.15, 0.2) is 0 Å². The molecule has 0 spiro atoms. The lowest BCUT2D eigenvalue weighted by Crippen LogP contribution is -2.38. The molecular formula is C22H25N3O. The van der Waals surface area contributed by atoms with Gasteiger partial charge in [-0.15, -0.1) is 0 Å². The number of aryl methyl sites for hydroxylation is 2. The van der Waals surface area contributed by atoms with Crippen molar-refractivity contribution in [2.24, 2.45) is 0 Å². The third-order valence-electron chi connectivity index (χ3n) is 5.32. The number of carbonyl (C=O) groups is 1. The molecule has 3 aromatic rings. The fourth-order valence-electron chi connectivity index (χ4n) is 3.85. The SMILES string of the molecule is Cc1ccc2[nH]c3c(c2c1)CCC(NC(=O)c1ccc(N(C)C)cc1)C3. The van der Waals surface area contributed by atoms with E-state index in [-0.39, 0.29) is 11.9 Å². The first-order valence-electron chi connectivity index (χ1n) is 9.19. The second-order valence-electron chi connectivity index (χ2n) is 7.49. The van der Waals surface area contributed by atoms with Gasteiger partial charge in [0.2, 0.25) is 0 Å². The monoisotopic (exact) mass is 347 g/mol. The van der Waals surface area contributed by atoms with Gasteiger partial charge >= 0.3 is 0 Å². The van der Waals surface area contributed by atoms with Gasteiger partial charge in [-0.3, -0.25) is 4.79 Å². The first-order chi connectivity index (χ1) is 12.5. The van der Waals surface area contributed by atoms with Crippen LogP contribution >= 0.6 is 0 Å². The first kappa shape index (κ1) is 16.7. The Morgan fingerprint density at radius 3 is 2.65 bits per heavy atom. The molecule has 1 aliphatic rings. The number of anilines is 1. The fraction of sp³-hybridized carbons (Fsp3) is 0.318. The van der Waals surface area contributed by atoms with E-state index in [1.165, 1.54) is 27.7 Å². The maximum Gasteiger partial charge on any atom is 0.251 e. The van der Waals surface area contributed by atoms with Crippen molar-refractivity contribution in [1.82, 2.24) is 10.3 Å². The lowest BCUT2D eigenvalue weighted by Gasteiger charge is -2.23. The van der Waals surface area contributed by atoms with Gasteiger partial charge in [0.25, 0.3) is 5.91 Å². The smallest absolute Gasteiger partial charge is 0.251 e.